The van der Waals surface area contributed by atoms with Gasteiger partial charge in [-0.05, 0) is 42.9 Å². The van der Waals surface area contributed by atoms with E-state index < -0.39 is 28.7 Å². The van der Waals surface area contributed by atoms with Crippen molar-refractivity contribution in [1.29, 1.82) is 0 Å². The molecule has 1 aromatic carbocycles. The summed E-state index contributed by atoms with van der Waals surface area (Å²) in [4.78, 5) is 50.6. The van der Waals surface area contributed by atoms with Crippen molar-refractivity contribution in [1.82, 2.24) is 4.98 Å². The normalized spacial score (nSPS) is 11.5. The summed E-state index contributed by atoms with van der Waals surface area (Å²) in [6.07, 6.45) is 5.43. The number of nitrogens with zero attached hydrogens (tertiary/aromatic N) is 2. The van der Waals surface area contributed by atoms with Crippen LogP contribution < -0.4 is 16.0 Å². The van der Waals surface area contributed by atoms with E-state index in [4.69, 9.17) is 0 Å². The smallest absolute Gasteiger partial charge is 0.348 e. The van der Waals surface area contributed by atoms with E-state index in [1.165, 1.54) is 26.0 Å². The Morgan fingerprint density at radius 2 is 1.88 bits per heavy atom. The van der Waals surface area contributed by atoms with Crippen LogP contribution in [0.25, 0.3) is 0 Å². The highest BCUT2D eigenvalue weighted by molar-refractivity contribution is 7.19. The fourth-order valence-corrected chi connectivity index (χ4v) is 4.09. The van der Waals surface area contributed by atoms with Gasteiger partial charge in [-0.2, -0.15) is 0 Å². The first-order valence-electron chi connectivity index (χ1n) is 11.0. The molecular weight excluding hydrogens is 462 g/mol. The lowest BCUT2D eigenvalue weighted by molar-refractivity contribution is -0.380. The Bertz CT molecular complexity index is 1050. The third kappa shape index (κ3) is 7.80. The minimum absolute atomic E-state index is 0.0548. The number of carboxylic acids is 1. The number of carbonyl (C=O) groups excluding carboxylic acids is 2. The molecule has 0 aliphatic rings. The van der Waals surface area contributed by atoms with Crippen LogP contribution in [0.5, 0.6) is 0 Å². The molecular formula is C22H29N5O6S. The maximum absolute atomic E-state index is 12.8. The van der Waals surface area contributed by atoms with E-state index in [1.807, 2.05) is 0 Å². The first-order valence-corrected chi connectivity index (χ1v) is 11.8. The molecule has 1 aromatic heterocycles. The largest absolute Gasteiger partial charge is 0.480 e. The molecule has 1 heterocycles. The van der Waals surface area contributed by atoms with Crippen LogP contribution in [0, 0.1) is 17.0 Å². The van der Waals surface area contributed by atoms with E-state index in [0.29, 0.717) is 12.1 Å². The van der Waals surface area contributed by atoms with Gasteiger partial charge in [-0.1, -0.05) is 39.0 Å². The van der Waals surface area contributed by atoms with E-state index in [2.05, 4.69) is 27.9 Å². The number of nitro groups is 1. The van der Waals surface area contributed by atoms with Gasteiger partial charge in [0, 0.05) is 12.6 Å². The van der Waals surface area contributed by atoms with Crippen LogP contribution in [-0.4, -0.2) is 38.8 Å². The maximum atomic E-state index is 12.8. The molecule has 0 fully saturated rings. The number of aliphatic carboxylic acids is 1. The summed E-state index contributed by atoms with van der Waals surface area (Å²) in [6.45, 7) is 4.86. The zero-order valence-electron chi connectivity index (χ0n) is 19.3. The van der Waals surface area contributed by atoms with Crippen molar-refractivity contribution < 1.29 is 24.4 Å². The van der Waals surface area contributed by atoms with Crippen LogP contribution in [-0.2, 0) is 9.59 Å². The Morgan fingerprint density at radius 3 is 2.47 bits per heavy atom. The highest BCUT2D eigenvalue weighted by Gasteiger charge is 2.22. The minimum Gasteiger partial charge on any atom is -0.480 e. The van der Waals surface area contributed by atoms with E-state index >= 15 is 0 Å². The summed E-state index contributed by atoms with van der Waals surface area (Å²) < 4.78 is 0. The molecule has 0 saturated heterocycles. The highest BCUT2D eigenvalue weighted by Crippen LogP contribution is 2.31. The number of aryl methyl sites for hydroxylation is 1. The number of hydrogen-bond donors (Lipinski definition) is 4. The number of thiazole rings is 1. The fourth-order valence-electron chi connectivity index (χ4n) is 3.31. The van der Waals surface area contributed by atoms with Crippen LogP contribution in [0.4, 0.5) is 21.5 Å². The zero-order chi connectivity index (χ0) is 25.3. The lowest BCUT2D eigenvalue weighted by Gasteiger charge is -2.18. The van der Waals surface area contributed by atoms with Crippen molar-refractivity contribution in [3.63, 3.8) is 0 Å². The quantitative estimate of drug-likeness (QED) is 0.176. The van der Waals surface area contributed by atoms with Gasteiger partial charge < -0.3 is 15.7 Å². The van der Waals surface area contributed by atoms with Crippen molar-refractivity contribution in [2.45, 2.75) is 65.3 Å². The predicted molar refractivity (Wildman–Crippen MR) is 131 cm³/mol. The molecule has 0 radical (unpaired) electrons. The number of benzene rings is 1. The SMILES string of the molecule is CCCCCCCC(Nc1ccc(C(=O)Nc2nc(C)c([N+](=O)[O-])s2)c(NC(C)=O)c1)C(=O)O. The van der Waals surface area contributed by atoms with E-state index in [1.54, 1.807) is 6.07 Å². The second-order valence-corrected chi connectivity index (χ2v) is 8.78. The lowest BCUT2D eigenvalue weighted by Crippen LogP contribution is -2.29. The molecule has 0 saturated carbocycles. The molecule has 0 bridgehead atoms. The molecule has 0 aliphatic heterocycles. The topological polar surface area (TPSA) is 164 Å². The van der Waals surface area contributed by atoms with Crippen molar-refractivity contribution >= 4 is 50.6 Å². The average Bonchev–Trinajstić information content (AvgIpc) is 3.12. The highest BCUT2D eigenvalue weighted by atomic mass is 32.1. The number of anilines is 3. The minimum atomic E-state index is -0.987. The van der Waals surface area contributed by atoms with Gasteiger partial charge in [-0.3, -0.25) is 25.0 Å². The number of aromatic nitrogens is 1. The number of carbonyl (C=O) groups is 3. The molecule has 0 aliphatic carbocycles. The summed E-state index contributed by atoms with van der Waals surface area (Å²) in [5, 5.41) is 28.5. The van der Waals surface area contributed by atoms with Crippen molar-refractivity contribution in [2.24, 2.45) is 0 Å². The maximum Gasteiger partial charge on any atom is 0.348 e. The molecule has 34 heavy (non-hydrogen) atoms. The summed E-state index contributed by atoms with van der Waals surface area (Å²) in [5.74, 6) is -2.03. The molecule has 1 atom stereocenters. The van der Waals surface area contributed by atoms with Crippen molar-refractivity contribution in [3.05, 3.63) is 39.6 Å². The Morgan fingerprint density at radius 1 is 1.18 bits per heavy atom. The Kier molecular flexibility index (Phi) is 9.92. The monoisotopic (exact) mass is 491 g/mol. The molecule has 11 nitrogen and oxygen atoms in total. The van der Waals surface area contributed by atoms with Gasteiger partial charge in [0.25, 0.3) is 5.91 Å². The van der Waals surface area contributed by atoms with Crippen molar-refractivity contribution in [3.8, 4) is 0 Å². The van der Waals surface area contributed by atoms with Gasteiger partial charge in [-0.25, -0.2) is 9.78 Å². The molecule has 2 aromatic rings. The molecule has 12 heteroatoms. The van der Waals surface area contributed by atoms with Crippen LogP contribution in [0.3, 0.4) is 0 Å². The summed E-state index contributed by atoms with van der Waals surface area (Å²) in [7, 11) is 0. The standard InChI is InChI=1S/C22H29N5O6S/c1-4-5-6-7-8-9-17(21(30)31)25-15-10-11-16(18(12-15)24-14(3)28)19(29)26-22-23-13(2)20(34-22)27(32)33/h10-12,17,25H,4-9H2,1-3H3,(H,24,28)(H,30,31)(H,23,26,29). The van der Waals surface area contributed by atoms with Crippen LogP contribution >= 0.6 is 11.3 Å². The number of nitrogens with one attached hydrogen (secondary N) is 3. The lowest BCUT2D eigenvalue weighted by atomic mass is 10.1. The van der Waals surface area contributed by atoms with E-state index in [-0.39, 0.29) is 27.1 Å². The molecule has 4 N–H and O–H groups in total. The van der Waals surface area contributed by atoms with Crippen LogP contribution in [0.15, 0.2) is 18.2 Å². The second kappa shape index (κ2) is 12.6. The zero-order valence-corrected chi connectivity index (χ0v) is 20.2. The third-order valence-corrected chi connectivity index (χ3v) is 5.99. The Balaban J connectivity index is 2.19. The van der Waals surface area contributed by atoms with E-state index in [9.17, 15) is 29.6 Å². The van der Waals surface area contributed by atoms with Gasteiger partial charge in [0.15, 0.2) is 5.13 Å². The van der Waals surface area contributed by atoms with Gasteiger partial charge >= 0.3 is 11.0 Å². The van der Waals surface area contributed by atoms with Gasteiger partial charge in [-0.15, -0.1) is 0 Å². The summed E-state index contributed by atoms with van der Waals surface area (Å²) in [6, 6.07) is 3.66. The fraction of sp³-hybridized carbons (Fsp3) is 0.455. The Hall–Kier alpha value is -3.54. The number of hydrogen-bond acceptors (Lipinski definition) is 8. The molecule has 184 valence electrons. The second-order valence-electron chi connectivity index (χ2n) is 7.80. The summed E-state index contributed by atoms with van der Waals surface area (Å²) in [5.41, 5.74) is 0.885. The third-order valence-electron chi connectivity index (χ3n) is 4.97. The Labute approximate surface area is 201 Å². The molecule has 0 spiro atoms. The summed E-state index contributed by atoms with van der Waals surface area (Å²) >= 11 is 0.730. The van der Waals surface area contributed by atoms with Gasteiger partial charge in [0.1, 0.15) is 11.7 Å². The molecule has 2 rings (SSSR count). The van der Waals surface area contributed by atoms with Crippen molar-refractivity contribution in [2.75, 3.05) is 16.0 Å². The predicted octanol–water partition coefficient (Wildman–Crippen LogP) is 4.80. The number of amides is 2. The number of carboxylic acid groups (broad SMARTS) is 1. The first kappa shape index (κ1) is 26.7. The average molecular weight is 492 g/mol. The molecule has 2 amide bonds. The number of unbranched alkanes of at least 4 members (excludes halogenated alkanes) is 4. The number of rotatable bonds is 13. The van der Waals surface area contributed by atoms with E-state index in [0.717, 1.165) is 43.4 Å². The van der Waals surface area contributed by atoms with Crippen LogP contribution in [0.2, 0.25) is 0 Å². The molecule has 1 unspecified atom stereocenters. The first-order chi connectivity index (χ1) is 16.1. The van der Waals surface area contributed by atoms with Gasteiger partial charge in [0.05, 0.1) is 16.2 Å². The van der Waals surface area contributed by atoms with Gasteiger partial charge in [0.2, 0.25) is 5.91 Å². The van der Waals surface area contributed by atoms with Crippen LogP contribution in [0.1, 0.15) is 68.4 Å².